The van der Waals surface area contributed by atoms with Gasteiger partial charge in [-0.15, -0.1) is 0 Å². The number of imidazole rings is 1. The monoisotopic (exact) mass is 1030 g/mol. The number of unbranched alkanes of at least 4 members (excludes halogenated alkanes) is 3. The Bertz CT molecular complexity index is 2460. The number of aliphatic hydroxyl groups is 2. The minimum atomic E-state index is -1.68. The number of H-pyrrole nitrogens is 2. The predicted molar refractivity (Wildman–Crippen MR) is 273 cm³/mol. The van der Waals surface area contributed by atoms with Gasteiger partial charge in [-0.3, -0.25) is 38.4 Å². The van der Waals surface area contributed by atoms with Crippen LogP contribution in [0.5, 0.6) is 0 Å². The van der Waals surface area contributed by atoms with E-state index in [1.54, 1.807) is 42.6 Å². The number of hydrogen-bond acceptors (Lipinski definition) is 14. The van der Waals surface area contributed by atoms with Crippen LogP contribution in [-0.2, 0) is 57.6 Å². The van der Waals surface area contributed by atoms with Gasteiger partial charge in [-0.05, 0) is 94.6 Å². The largest absolute Gasteiger partial charge is 0.394 e. The molecule has 2 aromatic heterocycles. The standard InChI is InChI=1S/C50H72N14O10/c51-19-9-6-16-35-43(67)62-40(24-32-26-54-29-56-32)48(72)58-36(17-7-10-20-52)44(68)63-41(27-65)49(73)59-37(18-8-11-21-53)45(69)64-42(28-66)50(74)61-39(23-31-25-55-34-15-5-4-14-33(31)34)47(71)60-38(46(70)57-35)22-30-12-2-1-3-13-30/h1-5,12-15,25-26,29,35-42,55,65-66H,6-11,16-24,27-28,51-53H2,(H,54,56)(H,57,70)(H,58,72)(H,59,73)(H,60,71)(H,61,74)(H,62,67)(H,63,68)(H,64,69)/t35-,36-,37-,38-,39-,40-,41-,42-/m0/s1. The average Bonchev–Trinajstić information content (AvgIpc) is 4.07. The molecule has 4 aromatic rings. The highest BCUT2D eigenvalue weighted by atomic mass is 16.3. The first-order chi connectivity index (χ1) is 35.8. The smallest absolute Gasteiger partial charge is 0.245 e. The molecule has 24 heteroatoms. The number of hydrogen-bond donors (Lipinski definition) is 15. The summed E-state index contributed by atoms with van der Waals surface area (Å²) < 4.78 is 0. The van der Waals surface area contributed by atoms with Crippen LogP contribution in [0, 0.1) is 0 Å². The number of aliphatic hydroxyl groups excluding tert-OH is 2. The Labute approximate surface area is 428 Å². The molecule has 402 valence electrons. The molecule has 1 fully saturated rings. The number of rotatable bonds is 20. The van der Waals surface area contributed by atoms with Crippen molar-refractivity contribution in [1.82, 2.24) is 57.5 Å². The van der Waals surface area contributed by atoms with Crippen molar-refractivity contribution in [2.45, 2.75) is 125 Å². The minimum absolute atomic E-state index is 0.0168. The van der Waals surface area contributed by atoms with Gasteiger partial charge in [0.05, 0.1) is 19.5 Å². The summed E-state index contributed by atoms with van der Waals surface area (Å²) in [4.78, 5) is 124. The van der Waals surface area contributed by atoms with Gasteiger partial charge in [-0.1, -0.05) is 48.5 Å². The summed E-state index contributed by atoms with van der Waals surface area (Å²) in [7, 11) is 0. The van der Waals surface area contributed by atoms with E-state index in [-0.39, 0.29) is 58.2 Å². The molecule has 0 bridgehead atoms. The summed E-state index contributed by atoms with van der Waals surface area (Å²) in [6.45, 7) is -1.13. The van der Waals surface area contributed by atoms with Crippen molar-refractivity contribution < 1.29 is 48.6 Å². The maximum atomic E-state index is 14.7. The Balaban J connectivity index is 1.59. The molecule has 74 heavy (non-hydrogen) atoms. The highest BCUT2D eigenvalue weighted by Crippen LogP contribution is 2.20. The molecule has 0 radical (unpaired) electrons. The van der Waals surface area contributed by atoms with Crippen LogP contribution in [0.3, 0.4) is 0 Å². The zero-order valence-corrected chi connectivity index (χ0v) is 41.4. The fourth-order valence-electron chi connectivity index (χ4n) is 8.47. The Morgan fingerprint density at radius 1 is 0.432 bits per heavy atom. The van der Waals surface area contributed by atoms with Crippen LogP contribution in [0.1, 0.15) is 74.6 Å². The number of aromatic amines is 2. The van der Waals surface area contributed by atoms with Crippen LogP contribution < -0.4 is 59.7 Å². The molecule has 1 aliphatic heterocycles. The van der Waals surface area contributed by atoms with E-state index in [1.807, 2.05) is 18.2 Å². The number of nitrogens with two attached hydrogens (primary N) is 3. The maximum Gasteiger partial charge on any atom is 0.245 e. The highest BCUT2D eigenvalue weighted by molar-refractivity contribution is 5.99. The highest BCUT2D eigenvalue weighted by Gasteiger charge is 2.36. The van der Waals surface area contributed by atoms with E-state index >= 15 is 0 Å². The molecular formula is C50H72N14O10. The first kappa shape index (κ1) is 57.6. The van der Waals surface area contributed by atoms with Gasteiger partial charge in [-0.2, -0.15) is 0 Å². The molecule has 1 saturated heterocycles. The van der Waals surface area contributed by atoms with Crippen LogP contribution >= 0.6 is 0 Å². The second-order valence-electron chi connectivity index (χ2n) is 18.2. The fraction of sp³-hybridized carbons (Fsp3) is 0.500. The summed E-state index contributed by atoms with van der Waals surface area (Å²) in [6, 6.07) is 4.46. The van der Waals surface area contributed by atoms with Crippen LogP contribution in [0.15, 0.2) is 73.3 Å². The topological polar surface area (TPSA) is 396 Å². The summed E-state index contributed by atoms with van der Waals surface area (Å²) in [5.74, 6) is -7.00. The number of amides is 8. The lowest BCUT2D eigenvalue weighted by atomic mass is 10.0. The van der Waals surface area contributed by atoms with E-state index < -0.39 is 109 Å². The second-order valence-corrected chi connectivity index (χ2v) is 18.2. The Hall–Kier alpha value is -7.25. The Morgan fingerprint density at radius 2 is 0.824 bits per heavy atom. The second kappa shape index (κ2) is 30.1. The van der Waals surface area contributed by atoms with E-state index in [2.05, 4.69) is 57.5 Å². The predicted octanol–water partition coefficient (Wildman–Crippen LogP) is -2.82. The van der Waals surface area contributed by atoms with Crippen molar-refractivity contribution in [2.75, 3.05) is 32.8 Å². The number of fused-ring (bicyclic) bond motifs is 1. The maximum absolute atomic E-state index is 14.7. The number of nitrogens with one attached hydrogen (secondary N) is 10. The molecule has 24 nitrogen and oxygen atoms in total. The molecule has 0 aliphatic carbocycles. The molecule has 18 N–H and O–H groups in total. The summed E-state index contributed by atoms with van der Waals surface area (Å²) in [5.41, 5.74) is 19.7. The molecule has 5 rings (SSSR count). The number of nitrogens with zero attached hydrogens (tertiary/aromatic N) is 1. The van der Waals surface area contributed by atoms with Crippen LogP contribution in [0.4, 0.5) is 0 Å². The van der Waals surface area contributed by atoms with Gasteiger partial charge in [0.15, 0.2) is 0 Å². The van der Waals surface area contributed by atoms with Crippen LogP contribution in [-0.4, -0.2) is 154 Å². The Morgan fingerprint density at radius 3 is 1.27 bits per heavy atom. The van der Waals surface area contributed by atoms with Crippen LogP contribution in [0.25, 0.3) is 10.9 Å². The van der Waals surface area contributed by atoms with Gasteiger partial charge >= 0.3 is 0 Å². The Kier molecular flexibility index (Phi) is 23.4. The normalized spacial score (nSPS) is 23.3. The van der Waals surface area contributed by atoms with Gasteiger partial charge in [0.2, 0.25) is 47.3 Å². The van der Waals surface area contributed by atoms with Crippen molar-refractivity contribution in [3.63, 3.8) is 0 Å². The third kappa shape index (κ3) is 17.5. The van der Waals surface area contributed by atoms with Gasteiger partial charge < -0.3 is 79.9 Å². The molecular weight excluding hydrogens is 957 g/mol. The number of carbonyl (C=O) groups excluding carboxylic acids is 8. The summed E-state index contributed by atoms with van der Waals surface area (Å²) >= 11 is 0. The zero-order chi connectivity index (χ0) is 53.4. The number of aromatic nitrogens is 3. The van der Waals surface area contributed by atoms with E-state index in [0.717, 1.165) is 10.9 Å². The zero-order valence-electron chi connectivity index (χ0n) is 41.4. The number of carbonyl (C=O) groups is 8. The van der Waals surface area contributed by atoms with Crippen molar-refractivity contribution in [3.8, 4) is 0 Å². The molecule has 8 amide bonds. The summed E-state index contributed by atoms with van der Waals surface area (Å²) in [6.07, 6.45) is 6.52. The average molecular weight is 1030 g/mol. The first-order valence-corrected chi connectivity index (χ1v) is 25.1. The van der Waals surface area contributed by atoms with Gasteiger partial charge in [0.1, 0.15) is 48.3 Å². The minimum Gasteiger partial charge on any atom is -0.394 e. The molecule has 1 aliphatic rings. The third-order valence-corrected chi connectivity index (χ3v) is 12.6. The number of para-hydroxylation sites is 1. The van der Waals surface area contributed by atoms with Gasteiger partial charge in [0, 0.05) is 48.3 Å². The van der Waals surface area contributed by atoms with Crippen LogP contribution in [0.2, 0.25) is 0 Å². The SMILES string of the molecule is NCCCC[C@@H]1NC(=O)[C@H](CO)NC(=O)[C@H](CCCCN)NC(=O)[C@H](Cc2cnc[nH]2)NC(=O)[C@H](CCCCN)NC(=O)[C@H](Cc2ccccc2)NC(=O)[C@H](Cc2c[nH]c3ccccc23)NC(=O)[C@H](CO)NC1=O. The number of benzene rings is 2. The van der Waals surface area contributed by atoms with Gasteiger partial charge in [-0.25, -0.2) is 4.98 Å². The van der Waals surface area contributed by atoms with Crippen molar-refractivity contribution >= 4 is 58.2 Å². The van der Waals surface area contributed by atoms with E-state index in [0.29, 0.717) is 55.3 Å². The van der Waals surface area contributed by atoms with Gasteiger partial charge in [0.25, 0.3) is 0 Å². The quantitative estimate of drug-likeness (QED) is 0.0398. The molecule has 3 heterocycles. The molecule has 0 unspecified atom stereocenters. The molecule has 0 saturated carbocycles. The lowest BCUT2D eigenvalue weighted by molar-refractivity contribution is -0.137. The van der Waals surface area contributed by atoms with Crippen molar-refractivity contribution in [3.05, 3.63) is 90.1 Å². The van der Waals surface area contributed by atoms with E-state index in [4.69, 9.17) is 17.2 Å². The molecule has 2 aromatic carbocycles. The van der Waals surface area contributed by atoms with Crippen molar-refractivity contribution in [1.29, 1.82) is 0 Å². The molecule has 8 atom stereocenters. The van der Waals surface area contributed by atoms with E-state index in [1.165, 1.54) is 12.5 Å². The summed E-state index contributed by atoms with van der Waals surface area (Å²) in [5, 5.41) is 42.8. The lowest BCUT2D eigenvalue weighted by Gasteiger charge is -2.29. The molecule has 0 spiro atoms. The first-order valence-electron chi connectivity index (χ1n) is 25.1. The van der Waals surface area contributed by atoms with E-state index in [9.17, 15) is 48.6 Å². The third-order valence-electron chi connectivity index (χ3n) is 12.6. The fourth-order valence-corrected chi connectivity index (χ4v) is 8.47. The van der Waals surface area contributed by atoms with Crippen molar-refractivity contribution in [2.24, 2.45) is 17.2 Å². The lowest BCUT2D eigenvalue weighted by Crippen LogP contribution is -2.62.